The van der Waals surface area contributed by atoms with Crippen LogP contribution in [0.15, 0.2) is 60.7 Å². The first-order chi connectivity index (χ1) is 22.7. The quantitative estimate of drug-likeness (QED) is 0.168. The monoisotopic (exact) mass is 666 g/mol. The number of hydrogen-bond acceptors (Lipinski definition) is 10. The summed E-state index contributed by atoms with van der Waals surface area (Å²) < 4.78 is 27.4. The van der Waals surface area contributed by atoms with E-state index in [9.17, 15) is 24.3 Å². The number of hydrogen-bond donors (Lipinski definition) is 5. The molecule has 0 fully saturated rings. The van der Waals surface area contributed by atoms with E-state index < -0.39 is 47.6 Å². The third kappa shape index (κ3) is 10.3. The van der Waals surface area contributed by atoms with Gasteiger partial charge in [-0.15, -0.1) is 0 Å². The molecule has 0 aliphatic heterocycles. The SMILES string of the molecule is CNC(=O)[C@@H](NC(=O)[C@H](N)Cc1ccc(OC)cc1)c1cc(OC)cc(Oc2cc([C@@H](NC(=O)OC(C)(C)C)C(=O)O)ccc2OC)c1. The van der Waals surface area contributed by atoms with Crippen molar-refractivity contribution in [2.24, 2.45) is 5.73 Å². The van der Waals surface area contributed by atoms with Crippen LogP contribution in [0, 0.1) is 0 Å². The van der Waals surface area contributed by atoms with Gasteiger partial charge >= 0.3 is 12.1 Å². The Morgan fingerprint density at radius 2 is 1.40 bits per heavy atom. The smallest absolute Gasteiger partial charge is 0.408 e. The molecule has 3 aromatic rings. The van der Waals surface area contributed by atoms with Crippen LogP contribution in [-0.2, 0) is 25.5 Å². The topological polar surface area (TPSA) is 197 Å². The molecule has 0 aromatic heterocycles. The molecule has 14 nitrogen and oxygen atoms in total. The maximum atomic E-state index is 13.2. The van der Waals surface area contributed by atoms with Crippen LogP contribution in [0.2, 0.25) is 0 Å². The van der Waals surface area contributed by atoms with Crippen molar-refractivity contribution in [3.8, 4) is 28.7 Å². The molecule has 14 heteroatoms. The number of benzene rings is 3. The van der Waals surface area contributed by atoms with E-state index in [2.05, 4.69) is 16.0 Å². The number of ether oxygens (including phenoxy) is 5. The molecule has 0 spiro atoms. The van der Waals surface area contributed by atoms with Gasteiger partial charge in [-0.1, -0.05) is 18.2 Å². The van der Waals surface area contributed by atoms with Gasteiger partial charge in [-0.25, -0.2) is 9.59 Å². The van der Waals surface area contributed by atoms with Gasteiger partial charge in [-0.2, -0.15) is 0 Å². The third-order valence-electron chi connectivity index (χ3n) is 6.87. The molecular formula is C34H42N4O10. The molecule has 3 amide bonds. The summed E-state index contributed by atoms with van der Waals surface area (Å²) in [6, 6.07) is 12.4. The number of carbonyl (C=O) groups excluding carboxylic acids is 3. The molecule has 0 aliphatic carbocycles. The molecule has 0 saturated carbocycles. The zero-order chi connectivity index (χ0) is 35.6. The zero-order valence-corrected chi connectivity index (χ0v) is 27.9. The number of likely N-dealkylation sites (N-methyl/N-ethyl adjacent to an activating group) is 1. The Bertz CT molecular complexity index is 1600. The molecule has 48 heavy (non-hydrogen) atoms. The van der Waals surface area contributed by atoms with E-state index in [1.165, 1.54) is 51.6 Å². The van der Waals surface area contributed by atoms with Crippen LogP contribution >= 0.6 is 0 Å². The lowest BCUT2D eigenvalue weighted by atomic mass is 10.0. The van der Waals surface area contributed by atoms with E-state index in [0.717, 1.165) is 5.56 Å². The molecule has 0 heterocycles. The average Bonchev–Trinajstić information content (AvgIpc) is 3.04. The van der Waals surface area contributed by atoms with Gasteiger partial charge in [-0.3, -0.25) is 9.59 Å². The predicted molar refractivity (Wildman–Crippen MR) is 175 cm³/mol. The minimum Gasteiger partial charge on any atom is -0.497 e. The number of aliphatic carboxylic acids is 1. The largest absolute Gasteiger partial charge is 0.497 e. The summed E-state index contributed by atoms with van der Waals surface area (Å²) in [6.45, 7) is 4.96. The number of alkyl carbamates (subject to hydrolysis) is 1. The van der Waals surface area contributed by atoms with Crippen LogP contribution in [-0.4, -0.2) is 69.0 Å². The number of nitrogens with two attached hydrogens (primary N) is 1. The first-order valence-corrected chi connectivity index (χ1v) is 14.9. The molecule has 6 N–H and O–H groups in total. The van der Waals surface area contributed by atoms with E-state index in [4.69, 9.17) is 29.4 Å². The minimum atomic E-state index is -1.48. The van der Waals surface area contributed by atoms with Crippen LogP contribution in [0.4, 0.5) is 4.79 Å². The van der Waals surface area contributed by atoms with Gasteiger partial charge in [-0.05, 0) is 80.3 Å². The zero-order valence-electron chi connectivity index (χ0n) is 27.9. The van der Waals surface area contributed by atoms with Crippen LogP contribution in [0.3, 0.4) is 0 Å². The summed E-state index contributed by atoms with van der Waals surface area (Å²) in [6.07, 6.45) is -0.712. The van der Waals surface area contributed by atoms with Crippen molar-refractivity contribution in [2.45, 2.75) is 50.9 Å². The highest BCUT2D eigenvalue weighted by Gasteiger charge is 2.28. The van der Waals surface area contributed by atoms with Crippen molar-refractivity contribution < 1.29 is 48.0 Å². The maximum Gasteiger partial charge on any atom is 0.408 e. The Labute approximate surface area is 278 Å². The fourth-order valence-corrected chi connectivity index (χ4v) is 4.53. The minimum absolute atomic E-state index is 0.0912. The van der Waals surface area contributed by atoms with Gasteiger partial charge in [0.05, 0.1) is 27.4 Å². The number of amides is 3. The second kappa shape index (κ2) is 16.4. The number of nitrogens with one attached hydrogen (secondary N) is 3. The lowest BCUT2D eigenvalue weighted by Crippen LogP contribution is -2.47. The van der Waals surface area contributed by atoms with Crippen molar-refractivity contribution in [1.29, 1.82) is 0 Å². The first-order valence-electron chi connectivity index (χ1n) is 14.9. The third-order valence-corrected chi connectivity index (χ3v) is 6.87. The predicted octanol–water partition coefficient (Wildman–Crippen LogP) is 3.63. The number of rotatable bonds is 14. The Kier molecular flexibility index (Phi) is 12.6. The first kappa shape index (κ1) is 37.0. The fraction of sp³-hybridized carbons (Fsp3) is 0.353. The second-order valence-corrected chi connectivity index (χ2v) is 11.6. The van der Waals surface area contributed by atoms with Crippen LogP contribution < -0.4 is 40.6 Å². The molecule has 0 saturated heterocycles. The summed E-state index contributed by atoms with van der Waals surface area (Å²) in [7, 11) is 5.80. The highest BCUT2D eigenvalue weighted by atomic mass is 16.6. The molecule has 258 valence electrons. The van der Waals surface area contributed by atoms with Gasteiger partial charge in [0.25, 0.3) is 0 Å². The van der Waals surface area contributed by atoms with Crippen LogP contribution in [0.1, 0.15) is 49.5 Å². The van der Waals surface area contributed by atoms with E-state index in [1.807, 2.05) is 0 Å². The molecule has 3 aromatic carbocycles. The maximum absolute atomic E-state index is 13.2. The molecule has 3 atom stereocenters. The average molecular weight is 667 g/mol. The van der Waals surface area contributed by atoms with Crippen LogP contribution in [0.5, 0.6) is 28.7 Å². The van der Waals surface area contributed by atoms with Gasteiger partial charge in [0.1, 0.15) is 28.9 Å². The van der Waals surface area contributed by atoms with Gasteiger partial charge in [0, 0.05) is 13.1 Å². The highest BCUT2D eigenvalue weighted by Crippen LogP contribution is 2.37. The van der Waals surface area contributed by atoms with Crippen molar-refractivity contribution >= 4 is 23.9 Å². The van der Waals surface area contributed by atoms with Gasteiger partial charge < -0.3 is 50.5 Å². The molecule has 0 bridgehead atoms. The van der Waals surface area contributed by atoms with E-state index in [0.29, 0.717) is 17.1 Å². The Balaban J connectivity index is 1.92. The summed E-state index contributed by atoms with van der Waals surface area (Å²) in [4.78, 5) is 50.8. The summed E-state index contributed by atoms with van der Waals surface area (Å²) in [5, 5.41) is 17.5. The molecular weight excluding hydrogens is 624 g/mol. The highest BCUT2D eigenvalue weighted by molar-refractivity contribution is 5.90. The molecule has 0 aliphatic rings. The van der Waals surface area contributed by atoms with Crippen molar-refractivity contribution in [2.75, 3.05) is 28.4 Å². The number of carboxylic acids is 1. The second-order valence-electron chi connectivity index (χ2n) is 11.6. The van der Waals surface area contributed by atoms with Gasteiger partial charge in [0.2, 0.25) is 11.8 Å². The summed E-state index contributed by atoms with van der Waals surface area (Å²) in [5.74, 6) is -0.993. The normalized spacial score (nSPS) is 12.8. The van der Waals surface area contributed by atoms with E-state index >= 15 is 0 Å². The fourth-order valence-electron chi connectivity index (χ4n) is 4.53. The summed E-state index contributed by atoms with van der Waals surface area (Å²) in [5.41, 5.74) is 6.63. The van der Waals surface area contributed by atoms with E-state index in [-0.39, 0.29) is 29.2 Å². The Hall–Kier alpha value is -5.50. The number of carboxylic acid groups (broad SMARTS) is 1. The van der Waals surface area contributed by atoms with Crippen molar-refractivity contribution in [1.82, 2.24) is 16.0 Å². The van der Waals surface area contributed by atoms with Crippen molar-refractivity contribution in [3.05, 3.63) is 77.4 Å². The Morgan fingerprint density at radius 1 is 0.750 bits per heavy atom. The number of carbonyl (C=O) groups is 4. The van der Waals surface area contributed by atoms with Gasteiger partial charge in [0.15, 0.2) is 17.5 Å². The molecule has 3 rings (SSSR count). The lowest BCUT2D eigenvalue weighted by molar-refractivity contribution is -0.139. The van der Waals surface area contributed by atoms with Crippen LogP contribution in [0.25, 0.3) is 0 Å². The van der Waals surface area contributed by atoms with E-state index in [1.54, 1.807) is 58.2 Å². The number of methoxy groups -OCH3 is 3. The molecule has 0 unspecified atom stereocenters. The van der Waals surface area contributed by atoms with Crippen molar-refractivity contribution in [3.63, 3.8) is 0 Å². The standard InChI is InChI=1S/C34H42N4O10/c1-34(2,3)48-33(43)38-29(32(41)42)20-10-13-26(46-7)27(17-20)47-24-16-21(15-23(18-24)45-6)28(31(40)36-4)37-30(39)25(35)14-19-8-11-22(44-5)12-9-19/h8-13,15-18,25,28-29H,14,35H2,1-7H3,(H,36,40)(H,37,39)(H,38,43)(H,41,42)/t25-,28+,29-/m1/s1. The molecule has 0 radical (unpaired) electrons. The lowest BCUT2D eigenvalue weighted by Gasteiger charge is -2.23. The Morgan fingerprint density at radius 3 is 1.96 bits per heavy atom. The summed E-state index contributed by atoms with van der Waals surface area (Å²) >= 11 is 0.